The molecule has 3 rings (SSSR count). The number of phenolic OH excluding ortho intramolecular Hbond substituents is 1. The van der Waals surface area contributed by atoms with E-state index in [0.29, 0.717) is 23.1 Å². The van der Waals surface area contributed by atoms with Crippen LogP contribution in [0.25, 0.3) is 10.2 Å². The fourth-order valence-corrected chi connectivity index (χ4v) is 3.30. The highest BCUT2D eigenvalue weighted by Gasteiger charge is 2.10. The largest absolute Gasteiger partial charge is 0.508 e. The minimum absolute atomic E-state index is 0.155. The Hall–Kier alpha value is -2.71. The summed E-state index contributed by atoms with van der Waals surface area (Å²) in [5.41, 5.74) is 1.22. The average molecular weight is 373 g/mol. The number of anilines is 1. The zero-order valence-electron chi connectivity index (χ0n) is 13.3. The monoisotopic (exact) mass is 373 g/mol. The van der Waals surface area contributed by atoms with Crippen LogP contribution in [0.1, 0.15) is 17.3 Å². The Bertz CT molecular complexity index is 923. The molecule has 0 saturated carbocycles. The van der Waals surface area contributed by atoms with Crippen LogP contribution in [0, 0.1) is 0 Å². The van der Waals surface area contributed by atoms with Crippen molar-refractivity contribution < 1.29 is 14.6 Å². The molecule has 3 aromatic rings. The van der Waals surface area contributed by atoms with E-state index in [0.717, 1.165) is 10.2 Å². The summed E-state index contributed by atoms with van der Waals surface area (Å²) in [4.78, 5) is 16.5. The van der Waals surface area contributed by atoms with Crippen molar-refractivity contribution in [2.45, 2.75) is 6.92 Å². The van der Waals surface area contributed by atoms with Gasteiger partial charge in [0.2, 0.25) is 0 Å². The van der Waals surface area contributed by atoms with Crippen LogP contribution in [0.5, 0.6) is 11.5 Å². The van der Waals surface area contributed by atoms with Crippen LogP contribution >= 0.6 is 23.6 Å². The number of fused-ring (bicyclic) bond motifs is 1. The second kappa shape index (κ2) is 7.45. The van der Waals surface area contributed by atoms with Crippen molar-refractivity contribution in [1.82, 2.24) is 10.3 Å². The third-order valence-corrected chi connectivity index (χ3v) is 4.38. The van der Waals surface area contributed by atoms with Crippen LogP contribution in [-0.2, 0) is 0 Å². The minimum atomic E-state index is -0.320. The third kappa shape index (κ3) is 4.23. The lowest BCUT2D eigenvalue weighted by molar-refractivity contribution is 0.0977. The Morgan fingerprint density at radius 2 is 2.04 bits per heavy atom. The van der Waals surface area contributed by atoms with Gasteiger partial charge in [-0.1, -0.05) is 11.3 Å². The number of aromatic hydroxyl groups is 1. The van der Waals surface area contributed by atoms with Gasteiger partial charge in [-0.15, -0.1) is 0 Å². The molecular weight excluding hydrogens is 358 g/mol. The number of carbonyl (C=O) groups excluding carboxylic acids is 1. The number of aromatic nitrogens is 1. The van der Waals surface area contributed by atoms with Crippen LogP contribution in [0.2, 0.25) is 0 Å². The normalized spacial score (nSPS) is 10.4. The topological polar surface area (TPSA) is 83.5 Å². The van der Waals surface area contributed by atoms with E-state index in [1.54, 1.807) is 42.5 Å². The molecule has 0 aliphatic heterocycles. The van der Waals surface area contributed by atoms with Crippen molar-refractivity contribution in [1.29, 1.82) is 0 Å². The van der Waals surface area contributed by atoms with Crippen molar-refractivity contribution in [3.05, 3.63) is 48.0 Å². The fourth-order valence-electron chi connectivity index (χ4n) is 2.14. The molecule has 0 bridgehead atoms. The van der Waals surface area contributed by atoms with Gasteiger partial charge in [0.1, 0.15) is 11.5 Å². The average Bonchev–Trinajstić information content (AvgIpc) is 2.96. The molecule has 3 N–H and O–H groups in total. The lowest BCUT2D eigenvalue weighted by Crippen LogP contribution is -2.34. The van der Waals surface area contributed by atoms with Crippen molar-refractivity contribution in [2.24, 2.45) is 0 Å². The van der Waals surface area contributed by atoms with Gasteiger partial charge >= 0.3 is 0 Å². The molecule has 0 radical (unpaired) electrons. The number of rotatable bonds is 4. The van der Waals surface area contributed by atoms with Gasteiger partial charge in [-0.25, -0.2) is 4.98 Å². The smallest absolute Gasteiger partial charge is 0.257 e. The molecule has 0 unspecified atom stereocenters. The number of ether oxygens (including phenoxy) is 1. The van der Waals surface area contributed by atoms with E-state index in [-0.39, 0.29) is 16.8 Å². The van der Waals surface area contributed by atoms with E-state index in [1.165, 1.54) is 11.3 Å². The van der Waals surface area contributed by atoms with E-state index in [2.05, 4.69) is 15.6 Å². The third-order valence-electron chi connectivity index (χ3n) is 3.25. The SMILES string of the molecule is CCOc1ccc(C(=O)NC(=S)Nc2nc3ccc(O)cc3s2)cc1. The van der Waals surface area contributed by atoms with Gasteiger partial charge in [0.25, 0.3) is 5.91 Å². The van der Waals surface area contributed by atoms with Crippen LogP contribution in [0.15, 0.2) is 42.5 Å². The molecule has 0 aliphatic rings. The standard InChI is InChI=1S/C17H15N3O3S2/c1-2-23-12-6-3-10(4-7-12)15(22)19-16(24)20-17-18-13-8-5-11(21)9-14(13)25-17/h3-9,21H,2H2,1H3,(H2,18,19,20,22,24). The number of nitrogens with zero attached hydrogens (tertiary/aromatic N) is 1. The zero-order valence-corrected chi connectivity index (χ0v) is 14.9. The van der Waals surface area contributed by atoms with Crippen LogP contribution in [0.4, 0.5) is 5.13 Å². The van der Waals surface area contributed by atoms with E-state index >= 15 is 0 Å². The van der Waals surface area contributed by atoms with E-state index in [1.807, 2.05) is 6.92 Å². The van der Waals surface area contributed by atoms with Gasteiger partial charge in [0.15, 0.2) is 10.2 Å². The Labute approximate surface area is 153 Å². The Kier molecular flexibility index (Phi) is 5.11. The lowest BCUT2D eigenvalue weighted by atomic mass is 10.2. The summed E-state index contributed by atoms with van der Waals surface area (Å²) in [5.74, 6) is 0.561. The zero-order chi connectivity index (χ0) is 17.8. The molecule has 0 spiro atoms. The molecule has 0 saturated heterocycles. The number of nitrogens with one attached hydrogen (secondary N) is 2. The molecule has 0 fully saturated rings. The Balaban J connectivity index is 1.63. The molecule has 25 heavy (non-hydrogen) atoms. The summed E-state index contributed by atoms with van der Waals surface area (Å²) < 4.78 is 6.17. The minimum Gasteiger partial charge on any atom is -0.508 e. The number of thiocarbonyl (C=S) groups is 1. The van der Waals surface area contributed by atoms with Gasteiger partial charge < -0.3 is 15.2 Å². The quantitative estimate of drug-likeness (QED) is 0.607. The van der Waals surface area contributed by atoms with Crippen molar-refractivity contribution in [3.8, 4) is 11.5 Å². The highest BCUT2D eigenvalue weighted by molar-refractivity contribution is 7.80. The molecule has 0 atom stereocenters. The maximum Gasteiger partial charge on any atom is 0.257 e. The molecule has 2 aromatic carbocycles. The molecule has 1 aromatic heterocycles. The first-order chi connectivity index (χ1) is 12.0. The molecule has 1 amide bonds. The maximum atomic E-state index is 12.2. The predicted octanol–water partition coefficient (Wildman–Crippen LogP) is 3.53. The number of hydrogen-bond acceptors (Lipinski definition) is 6. The highest BCUT2D eigenvalue weighted by atomic mass is 32.1. The maximum absolute atomic E-state index is 12.2. The number of phenols is 1. The van der Waals surface area contributed by atoms with E-state index in [4.69, 9.17) is 17.0 Å². The van der Waals surface area contributed by atoms with Gasteiger partial charge in [-0.3, -0.25) is 10.1 Å². The summed E-state index contributed by atoms with van der Waals surface area (Å²) in [6.45, 7) is 2.47. The van der Waals surface area contributed by atoms with Crippen molar-refractivity contribution in [3.63, 3.8) is 0 Å². The van der Waals surface area contributed by atoms with E-state index < -0.39 is 0 Å². The summed E-state index contributed by atoms with van der Waals surface area (Å²) in [5, 5.41) is 15.7. The Morgan fingerprint density at radius 1 is 1.28 bits per heavy atom. The predicted molar refractivity (Wildman–Crippen MR) is 103 cm³/mol. The van der Waals surface area contributed by atoms with Crippen LogP contribution < -0.4 is 15.4 Å². The molecule has 0 aliphatic carbocycles. The van der Waals surface area contributed by atoms with Crippen LogP contribution in [-0.4, -0.2) is 27.7 Å². The number of hydrogen-bond donors (Lipinski definition) is 3. The fraction of sp³-hybridized carbons (Fsp3) is 0.118. The molecule has 128 valence electrons. The number of thiazole rings is 1. The summed E-state index contributed by atoms with van der Waals surface area (Å²) in [6.07, 6.45) is 0. The molecule has 1 heterocycles. The summed E-state index contributed by atoms with van der Waals surface area (Å²) in [6, 6.07) is 11.7. The first-order valence-electron chi connectivity index (χ1n) is 7.50. The number of carbonyl (C=O) groups is 1. The van der Waals surface area contributed by atoms with Crippen molar-refractivity contribution >= 4 is 49.9 Å². The van der Waals surface area contributed by atoms with Gasteiger partial charge in [-0.2, -0.15) is 0 Å². The second-order valence-electron chi connectivity index (χ2n) is 5.04. The summed E-state index contributed by atoms with van der Waals surface area (Å²) >= 11 is 6.49. The highest BCUT2D eigenvalue weighted by Crippen LogP contribution is 2.28. The van der Waals surface area contributed by atoms with Crippen molar-refractivity contribution in [2.75, 3.05) is 11.9 Å². The number of amides is 1. The van der Waals surface area contributed by atoms with Gasteiger partial charge in [0, 0.05) is 5.56 Å². The first kappa shape index (κ1) is 17.1. The second-order valence-corrected chi connectivity index (χ2v) is 6.48. The molecular formula is C17H15N3O3S2. The molecule has 8 heteroatoms. The number of benzene rings is 2. The molecule has 6 nitrogen and oxygen atoms in total. The lowest BCUT2D eigenvalue weighted by Gasteiger charge is -2.08. The van der Waals surface area contributed by atoms with E-state index in [9.17, 15) is 9.90 Å². The summed E-state index contributed by atoms with van der Waals surface area (Å²) in [7, 11) is 0. The first-order valence-corrected chi connectivity index (χ1v) is 8.72. The Morgan fingerprint density at radius 3 is 2.76 bits per heavy atom. The van der Waals surface area contributed by atoms with Crippen LogP contribution in [0.3, 0.4) is 0 Å². The van der Waals surface area contributed by atoms with Gasteiger partial charge in [0.05, 0.1) is 16.8 Å². The van der Waals surface area contributed by atoms with Gasteiger partial charge in [-0.05, 0) is 61.6 Å².